The van der Waals surface area contributed by atoms with Gasteiger partial charge in [0.25, 0.3) is 0 Å². The Hall–Kier alpha value is -2.24. The van der Waals surface area contributed by atoms with Gasteiger partial charge in [0.15, 0.2) is 5.84 Å². The van der Waals surface area contributed by atoms with Gasteiger partial charge in [-0.05, 0) is 42.3 Å². The Balaban J connectivity index is 2.26. The van der Waals surface area contributed by atoms with Gasteiger partial charge in [-0.2, -0.15) is 0 Å². The molecule has 0 bridgehead atoms. The van der Waals surface area contributed by atoms with E-state index in [-0.39, 0.29) is 12.4 Å². The van der Waals surface area contributed by atoms with Crippen molar-refractivity contribution in [2.75, 3.05) is 6.61 Å². The summed E-state index contributed by atoms with van der Waals surface area (Å²) in [5.41, 5.74) is 7.03. The molecule has 0 unspecified atom stereocenters. The number of nitrogens with zero attached hydrogens (tertiary/aromatic N) is 1. The van der Waals surface area contributed by atoms with Crippen LogP contribution in [0.2, 0.25) is 5.02 Å². The summed E-state index contributed by atoms with van der Waals surface area (Å²) in [5.74, 6) is 0.958. The molecule has 2 aromatic rings. The number of amidine groups is 1. The Morgan fingerprint density at radius 1 is 1.19 bits per heavy atom. The third-order valence-corrected chi connectivity index (χ3v) is 3.11. The van der Waals surface area contributed by atoms with Crippen LogP contribution in [0.1, 0.15) is 11.1 Å². The van der Waals surface area contributed by atoms with E-state index in [4.69, 9.17) is 32.4 Å². The second-order valence-corrected chi connectivity index (χ2v) is 4.78. The lowest BCUT2D eigenvalue weighted by atomic mass is 10.1. The standard InChI is InChI=1S/C15H15ClN2O3/c16-11-3-6-14(13(9-11)15(17)18-20)21-12-4-1-10(2-5-12)7-8-19/h1-6,9,19-20H,7-8H2,(H2,17,18). The third-order valence-electron chi connectivity index (χ3n) is 2.88. The fraction of sp³-hybridized carbons (Fsp3) is 0.133. The predicted molar refractivity (Wildman–Crippen MR) is 81.3 cm³/mol. The van der Waals surface area contributed by atoms with Crippen molar-refractivity contribution in [3.63, 3.8) is 0 Å². The predicted octanol–water partition coefficient (Wildman–Crippen LogP) is 2.76. The lowest BCUT2D eigenvalue weighted by Crippen LogP contribution is -2.14. The van der Waals surface area contributed by atoms with Crippen molar-refractivity contribution in [3.8, 4) is 11.5 Å². The highest BCUT2D eigenvalue weighted by Crippen LogP contribution is 2.28. The summed E-state index contributed by atoms with van der Waals surface area (Å²) in [7, 11) is 0. The number of nitrogens with two attached hydrogens (primary N) is 1. The molecule has 4 N–H and O–H groups in total. The Kier molecular flexibility index (Phi) is 5.03. The number of ether oxygens (including phenoxy) is 1. The fourth-order valence-corrected chi connectivity index (χ4v) is 2.00. The molecule has 0 atom stereocenters. The van der Waals surface area contributed by atoms with Gasteiger partial charge in [0.2, 0.25) is 0 Å². The molecule has 0 aromatic heterocycles. The van der Waals surface area contributed by atoms with Gasteiger partial charge in [0.05, 0.1) is 5.56 Å². The van der Waals surface area contributed by atoms with Crippen LogP contribution in [0.25, 0.3) is 0 Å². The van der Waals surface area contributed by atoms with Gasteiger partial charge in [-0.3, -0.25) is 0 Å². The zero-order valence-corrected chi connectivity index (χ0v) is 11.9. The maximum absolute atomic E-state index is 8.88. The molecular weight excluding hydrogens is 292 g/mol. The first kappa shape index (κ1) is 15.2. The summed E-state index contributed by atoms with van der Waals surface area (Å²) in [6.07, 6.45) is 0.594. The van der Waals surface area contributed by atoms with Gasteiger partial charge in [-0.25, -0.2) is 0 Å². The van der Waals surface area contributed by atoms with Crippen molar-refractivity contribution in [2.45, 2.75) is 6.42 Å². The molecule has 0 spiro atoms. The molecule has 0 amide bonds. The third kappa shape index (κ3) is 3.87. The molecule has 110 valence electrons. The summed E-state index contributed by atoms with van der Waals surface area (Å²) in [6, 6.07) is 12.2. The molecule has 0 fully saturated rings. The van der Waals surface area contributed by atoms with Crippen LogP contribution >= 0.6 is 11.6 Å². The number of aliphatic hydroxyl groups excluding tert-OH is 1. The highest BCUT2D eigenvalue weighted by Gasteiger charge is 2.10. The zero-order valence-electron chi connectivity index (χ0n) is 11.2. The molecule has 21 heavy (non-hydrogen) atoms. The van der Waals surface area contributed by atoms with E-state index >= 15 is 0 Å². The van der Waals surface area contributed by atoms with Gasteiger partial charge in [-0.15, -0.1) is 0 Å². The molecule has 0 aliphatic rings. The Morgan fingerprint density at radius 2 is 1.90 bits per heavy atom. The van der Waals surface area contributed by atoms with Crippen molar-refractivity contribution in [1.29, 1.82) is 0 Å². The molecular formula is C15H15ClN2O3. The summed E-state index contributed by atoms with van der Waals surface area (Å²) in [5, 5.41) is 21.1. The minimum atomic E-state index is -0.0793. The lowest BCUT2D eigenvalue weighted by Gasteiger charge is -2.11. The zero-order chi connectivity index (χ0) is 15.2. The van der Waals surface area contributed by atoms with E-state index < -0.39 is 0 Å². The lowest BCUT2D eigenvalue weighted by molar-refractivity contribution is 0.299. The second-order valence-electron chi connectivity index (χ2n) is 4.35. The van der Waals surface area contributed by atoms with Crippen LogP contribution in [-0.4, -0.2) is 22.8 Å². The summed E-state index contributed by atoms with van der Waals surface area (Å²) >= 11 is 5.90. The average Bonchev–Trinajstić information content (AvgIpc) is 2.50. The van der Waals surface area contributed by atoms with E-state index in [0.29, 0.717) is 28.5 Å². The SMILES string of the molecule is N/C(=N/O)c1cc(Cl)ccc1Oc1ccc(CCO)cc1. The minimum Gasteiger partial charge on any atom is -0.457 e. The number of aliphatic hydroxyl groups is 1. The first-order valence-electron chi connectivity index (χ1n) is 6.29. The fourth-order valence-electron chi connectivity index (χ4n) is 1.83. The number of hydrogen-bond acceptors (Lipinski definition) is 4. The summed E-state index contributed by atoms with van der Waals surface area (Å²) < 4.78 is 5.73. The number of rotatable bonds is 5. The smallest absolute Gasteiger partial charge is 0.173 e. The van der Waals surface area contributed by atoms with Crippen LogP contribution in [0, 0.1) is 0 Å². The van der Waals surface area contributed by atoms with E-state index in [1.54, 1.807) is 30.3 Å². The molecule has 5 nitrogen and oxygen atoms in total. The van der Waals surface area contributed by atoms with Gasteiger partial charge in [-0.1, -0.05) is 28.9 Å². The Labute approximate surface area is 127 Å². The molecule has 6 heteroatoms. The van der Waals surface area contributed by atoms with E-state index in [1.807, 2.05) is 12.1 Å². The van der Waals surface area contributed by atoms with Gasteiger partial charge >= 0.3 is 0 Å². The van der Waals surface area contributed by atoms with Crippen LogP contribution < -0.4 is 10.5 Å². The molecule has 2 rings (SSSR count). The van der Waals surface area contributed by atoms with Crippen LogP contribution in [0.3, 0.4) is 0 Å². The van der Waals surface area contributed by atoms with Gasteiger partial charge in [0, 0.05) is 11.6 Å². The quantitative estimate of drug-likeness (QED) is 0.343. The number of oxime groups is 1. The molecule has 0 aliphatic heterocycles. The van der Waals surface area contributed by atoms with Crippen LogP contribution in [0.4, 0.5) is 0 Å². The maximum Gasteiger partial charge on any atom is 0.173 e. The molecule has 2 aromatic carbocycles. The highest BCUT2D eigenvalue weighted by molar-refractivity contribution is 6.31. The van der Waals surface area contributed by atoms with Crippen molar-refractivity contribution in [2.24, 2.45) is 10.9 Å². The average molecular weight is 307 g/mol. The number of halogens is 1. The van der Waals surface area contributed by atoms with Crippen molar-refractivity contribution < 1.29 is 15.1 Å². The van der Waals surface area contributed by atoms with E-state index in [2.05, 4.69) is 5.16 Å². The number of benzene rings is 2. The van der Waals surface area contributed by atoms with E-state index in [1.165, 1.54) is 0 Å². The van der Waals surface area contributed by atoms with E-state index in [9.17, 15) is 0 Å². The molecule has 0 aliphatic carbocycles. The maximum atomic E-state index is 8.88. The normalized spacial score (nSPS) is 11.4. The topological polar surface area (TPSA) is 88.1 Å². The molecule has 0 saturated heterocycles. The van der Waals surface area contributed by atoms with Crippen molar-refractivity contribution in [3.05, 3.63) is 58.6 Å². The monoisotopic (exact) mass is 306 g/mol. The summed E-state index contributed by atoms with van der Waals surface area (Å²) in [6.45, 7) is 0.102. The van der Waals surface area contributed by atoms with Gasteiger partial charge < -0.3 is 20.8 Å². The molecule has 0 heterocycles. The summed E-state index contributed by atoms with van der Waals surface area (Å²) in [4.78, 5) is 0. The van der Waals surface area contributed by atoms with Crippen LogP contribution in [-0.2, 0) is 6.42 Å². The van der Waals surface area contributed by atoms with Crippen LogP contribution in [0.15, 0.2) is 47.6 Å². The number of hydrogen-bond donors (Lipinski definition) is 3. The van der Waals surface area contributed by atoms with Gasteiger partial charge in [0.1, 0.15) is 11.5 Å². The Bertz CT molecular complexity index is 642. The first-order valence-corrected chi connectivity index (χ1v) is 6.67. The Morgan fingerprint density at radius 3 is 2.52 bits per heavy atom. The molecule has 0 saturated carbocycles. The highest BCUT2D eigenvalue weighted by atomic mass is 35.5. The second kappa shape index (κ2) is 6.97. The van der Waals surface area contributed by atoms with Crippen molar-refractivity contribution >= 4 is 17.4 Å². The molecule has 0 radical (unpaired) electrons. The van der Waals surface area contributed by atoms with Crippen molar-refractivity contribution in [1.82, 2.24) is 0 Å². The van der Waals surface area contributed by atoms with E-state index in [0.717, 1.165) is 5.56 Å². The first-order chi connectivity index (χ1) is 10.1. The van der Waals surface area contributed by atoms with Crippen LogP contribution in [0.5, 0.6) is 11.5 Å². The minimum absolute atomic E-state index is 0.0793. The largest absolute Gasteiger partial charge is 0.457 e.